The third-order valence-electron chi connectivity index (χ3n) is 3.53. The van der Waals surface area contributed by atoms with Crippen molar-refractivity contribution in [1.82, 2.24) is 10.2 Å². The predicted octanol–water partition coefficient (Wildman–Crippen LogP) is 1.83. The smallest absolute Gasteiger partial charge is 0.250 e. The lowest BCUT2D eigenvalue weighted by atomic mass is 10.0. The standard InChI is InChI=1S/C16H23N3O.ClH/c1-18(2)10-4-5-16(20)19(3)15-7-6-13-8-9-17-12-14(13)11-15;/h4-7,11,17H,8-10,12H2,1-3H3;1H/b5-4+;. The summed E-state index contributed by atoms with van der Waals surface area (Å²) < 4.78 is 0. The van der Waals surface area contributed by atoms with Gasteiger partial charge in [-0.05, 0) is 50.3 Å². The first-order valence-corrected chi connectivity index (χ1v) is 6.99. The first kappa shape index (κ1) is 17.7. The Morgan fingerprint density at radius 3 is 2.76 bits per heavy atom. The molecule has 0 spiro atoms. The number of rotatable bonds is 4. The molecule has 116 valence electrons. The molecule has 1 aromatic carbocycles. The Balaban J connectivity index is 0.00000220. The van der Waals surface area contributed by atoms with Crippen molar-refractivity contribution in [2.24, 2.45) is 0 Å². The zero-order valence-electron chi connectivity index (χ0n) is 12.9. The highest BCUT2D eigenvalue weighted by molar-refractivity contribution is 6.01. The molecular weight excluding hydrogens is 286 g/mol. The second kappa shape index (κ2) is 8.17. The van der Waals surface area contributed by atoms with Crippen LogP contribution in [-0.4, -0.2) is 45.0 Å². The number of hydrogen-bond acceptors (Lipinski definition) is 3. The summed E-state index contributed by atoms with van der Waals surface area (Å²) in [4.78, 5) is 15.8. The molecule has 0 atom stereocenters. The summed E-state index contributed by atoms with van der Waals surface area (Å²) in [6.45, 7) is 2.70. The van der Waals surface area contributed by atoms with Gasteiger partial charge in [0.1, 0.15) is 0 Å². The number of benzene rings is 1. The van der Waals surface area contributed by atoms with Gasteiger partial charge < -0.3 is 15.1 Å². The third kappa shape index (κ3) is 4.84. The summed E-state index contributed by atoms with van der Waals surface area (Å²) in [5.41, 5.74) is 3.63. The maximum atomic E-state index is 12.1. The van der Waals surface area contributed by atoms with Crippen LogP contribution in [0.2, 0.25) is 0 Å². The van der Waals surface area contributed by atoms with Crippen LogP contribution in [0, 0.1) is 0 Å². The summed E-state index contributed by atoms with van der Waals surface area (Å²) in [5, 5.41) is 3.36. The molecule has 0 fully saturated rings. The van der Waals surface area contributed by atoms with Gasteiger partial charge in [-0.3, -0.25) is 4.79 Å². The van der Waals surface area contributed by atoms with E-state index >= 15 is 0 Å². The number of halogens is 1. The van der Waals surface area contributed by atoms with Crippen molar-refractivity contribution in [1.29, 1.82) is 0 Å². The minimum atomic E-state index is 0. The third-order valence-corrected chi connectivity index (χ3v) is 3.53. The topological polar surface area (TPSA) is 35.6 Å². The number of amides is 1. The van der Waals surface area contributed by atoms with Crippen molar-refractivity contribution >= 4 is 24.0 Å². The van der Waals surface area contributed by atoms with Gasteiger partial charge in [0.05, 0.1) is 0 Å². The van der Waals surface area contributed by atoms with E-state index in [0.29, 0.717) is 0 Å². The van der Waals surface area contributed by atoms with Crippen LogP contribution in [0.5, 0.6) is 0 Å². The van der Waals surface area contributed by atoms with E-state index in [-0.39, 0.29) is 18.3 Å². The summed E-state index contributed by atoms with van der Waals surface area (Å²) >= 11 is 0. The second-order valence-corrected chi connectivity index (χ2v) is 5.44. The molecule has 1 amide bonds. The lowest BCUT2D eigenvalue weighted by molar-refractivity contribution is -0.113. The summed E-state index contributed by atoms with van der Waals surface area (Å²) in [7, 11) is 5.78. The highest BCUT2D eigenvalue weighted by Gasteiger charge is 2.12. The van der Waals surface area contributed by atoms with Gasteiger partial charge in [-0.1, -0.05) is 12.1 Å². The average Bonchev–Trinajstić information content (AvgIpc) is 2.45. The van der Waals surface area contributed by atoms with Gasteiger partial charge in [0.15, 0.2) is 0 Å². The van der Waals surface area contributed by atoms with Crippen molar-refractivity contribution in [2.75, 3.05) is 39.1 Å². The molecule has 0 radical (unpaired) electrons. The summed E-state index contributed by atoms with van der Waals surface area (Å²) in [6, 6.07) is 6.28. The van der Waals surface area contributed by atoms with E-state index in [0.717, 1.165) is 31.7 Å². The van der Waals surface area contributed by atoms with Crippen LogP contribution in [-0.2, 0) is 17.8 Å². The molecule has 4 nitrogen and oxygen atoms in total. The molecule has 0 saturated carbocycles. The van der Waals surface area contributed by atoms with E-state index in [2.05, 4.69) is 17.4 Å². The zero-order chi connectivity index (χ0) is 14.5. The first-order chi connectivity index (χ1) is 9.58. The fourth-order valence-corrected chi connectivity index (χ4v) is 2.28. The fourth-order valence-electron chi connectivity index (χ4n) is 2.28. The Morgan fingerprint density at radius 2 is 2.05 bits per heavy atom. The van der Waals surface area contributed by atoms with Gasteiger partial charge in [0.2, 0.25) is 5.91 Å². The zero-order valence-corrected chi connectivity index (χ0v) is 13.7. The van der Waals surface area contributed by atoms with Crippen LogP contribution in [0.1, 0.15) is 11.1 Å². The number of nitrogens with one attached hydrogen (secondary N) is 1. The molecule has 0 aromatic heterocycles. The average molecular weight is 310 g/mol. The molecule has 21 heavy (non-hydrogen) atoms. The molecule has 0 unspecified atom stereocenters. The van der Waals surface area contributed by atoms with Crippen LogP contribution in [0.25, 0.3) is 0 Å². The molecule has 1 aromatic rings. The van der Waals surface area contributed by atoms with E-state index in [4.69, 9.17) is 0 Å². The highest BCUT2D eigenvalue weighted by Crippen LogP contribution is 2.21. The van der Waals surface area contributed by atoms with Crippen molar-refractivity contribution in [3.8, 4) is 0 Å². The Bertz CT molecular complexity index is 514. The normalized spacial score (nSPS) is 13.9. The van der Waals surface area contributed by atoms with E-state index in [9.17, 15) is 4.79 Å². The predicted molar refractivity (Wildman–Crippen MR) is 90.2 cm³/mol. The number of hydrogen-bond donors (Lipinski definition) is 1. The highest BCUT2D eigenvalue weighted by atomic mass is 35.5. The minimum absolute atomic E-state index is 0. The van der Waals surface area contributed by atoms with E-state index < -0.39 is 0 Å². The number of fused-ring (bicyclic) bond motifs is 1. The van der Waals surface area contributed by atoms with Crippen molar-refractivity contribution < 1.29 is 4.79 Å². The number of carbonyl (C=O) groups excluding carboxylic acids is 1. The quantitative estimate of drug-likeness (QED) is 0.862. The van der Waals surface area contributed by atoms with Crippen molar-refractivity contribution in [3.05, 3.63) is 41.5 Å². The maximum absolute atomic E-state index is 12.1. The number of carbonyl (C=O) groups is 1. The van der Waals surface area contributed by atoms with Gasteiger partial charge in [-0.2, -0.15) is 0 Å². The van der Waals surface area contributed by atoms with Crippen LogP contribution in [0.4, 0.5) is 5.69 Å². The SMILES string of the molecule is CN(C)C/C=C/C(=O)N(C)c1ccc2c(c1)CNCC2.Cl. The van der Waals surface area contributed by atoms with E-state index in [1.165, 1.54) is 11.1 Å². The molecule has 0 saturated heterocycles. The lowest BCUT2D eigenvalue weighted by Gasteiger charge is -2.21. The van der Waals surface area contributed by atoms with E-state index in [1.807, 2.05) is 38.2 Å². The Labute approximate surface area is 133 Å². The molecule has 1 heterocycles. The monoisotopic (exact) mass is 309 g/mol. The largest absolute Gasteiger partial charge is 0.312 e. The number of likely N-dealkylation sites (N-methyl/N-ethyl adjacent to an activating group) is 2. The Kier molecular flexibility index (Phi) is 6.89. The second-order valence-electron chi connectivity index (χ2n) is 5.44. The van der Waals surface area contributed by atoms with Gasteiger partial charge in [0.25, 0.3) is 0 Å². The Hall–Kier alpha value is -1.36. The van der Waals surface area contributed by atoms with Crippen LogP contribution >= 0.6 is 12.4 Å². The molecule has 1 aliphatic heterocycles. The number of nitrogens with zero attached hydrogens (tertiary/aromatic N) is 2. The van der Waals surface area contributed by atoms with Crippen molar-refractivity contribution in [3.63, 3.8) is 0 Å². The van der Waals surface area contributed by atoms with Gasteiger partial charge >= 0.3 is 0 Å². The summed E-state index contributed by atoms with van der Waals surface area (Å²) in [5.74, 6) is 0.00979. The summed E-state index contributed by atoms with van der Waals surface area (Å²) in [6.07, 6.45) is 4.59. The van der Waals surface area contributed by atoms with Gasteiger partial charge in [-0.25, -0.2) is 0 Å². The number of anilines is 1. The van der Waals surface area contributed by atoms with E-state index in [1.54, 1.807) is 11.0 Å². The Morgan fingerprint density at radius 1 is 1.29 bits per heavy atom. The fraction of sp³-hybridized carbons (Fsp3) is 0.438. The molecule has 0 aliphatic carbocycles. The molecule has 5 heteroatoms. The minimum Gasteiger partial charge on any atom is -0.312 e. The van der Waals surface area contributed by atoms with Crippen LogP contribution in [0.15, 0.2) is 30.4 Å². The lowest BCUT2D eigenvalue weighted by Crippen LogP contribution is -2.27. The molecular formula is C16H24ClN3O. The molecule has 0 bridgehead atoms. The molecule has 1 aliphatic rings. The van der Waals surface area contributed by atoms with Gasteiger partial charge in [-0.15, -0.1) is 12.4 Å². The molecule has 2 rings (SSSR count). The van der Waals surface area contributed by atoms with Crippen LogP contribution in [0.3, 0.4) is 0 Å². The van der Waals surface area contributed by atoms with Crippen LogP contribution < -0.4 is 10.2 Å². The van der Waals surface area contributed by atoms with Crippen molar-refractivity contribution in [2.45, 2.75) is 13.0 Å². The molecule has 1 N–H and O–H groups in total. The van der Waals surface area contributed by atoms with Gasteiger partial charge in [0, 0.05) is 31.9 Å². The maximum Gasteiger partial charge on any atom is 0.250 e. The first-order valence-electron chi connectivity index (χ1n) is 6.99.